The van der Waals surface area contributed by atoms with Gasteiger partial charge in [-0.25, -0.2) is 4.39 Å². The number of aromatic nitrogens is 1. The summed E-state index contributed by atoms with van der Waals surface area (Å²) in [5.41, 5.74) is 4.39. The standard InChI is InChI=1S/C43H48ClFN4O5.ClH/c1-43(2,3)27-49-36-18-17-30(44)23-33(36)40(54-38(42(49)51)24-39(50)48-26-29-11-5-7-14-34(29)45)32-13-9-16-37(41(32)52-4)53-22-10-20-46-21-19-28-25-47-35-15-8-6-12-31(28)35;/h5-9,11-18,23,25,38,40,46-47H,10,19-22,24,26-27H2,1-4H3,(H,48,50);1H/t38-,40-;/m0./s1. The first-order valence-corrected chi connectivity index (χ1v) is 18.7. The third kappa shape index (κ3) is 10.4. The van der Waals surface area contributed by atoms with Crippen LogP contribution in [0.4, 0.5) is 10.1 Å². The van der Waals surface area contributed by atoms with Crippen LogP contribution in [0.5, 0.6) is 11.5 Å². The van der Waals surface area contributed by atoms with Gasteiger partial charge in [0.15, 0.2) is 11.5 Å². The van der Waals surface area contributed by atoms with E-state index in [4.69, 9.17) is 25.8 Å². The number of hydrogen-bond donors (Lipinski definition) is 3. The van der Waals surface area contributed by atoms with E-state index in [9.17, 15) is 14.0 Å². The fraction of sp³-hybridized carbons (Fsp3) is 0.349. The molecule has 3 N–H and O–H groups in total. The Morgan fingerprint density at radius 2 is 1.76 bits per heavy atom. The number of fused-ring (bicyclic) bond motifs is 2. The molecule has 2 atom stereocenters. The Bertz CT molecular complexity index is 2080. The number of aromatic amines is 1. The van der Waals surface area contributed by atoms with Gasteiger partial charge in [0.2, 0.25) is 5.91 Å². The highest BCUT2D eigenvalue weighted by atomic mass is 35.5. The number of halogens is 3. The summed E-state index contributed by atoms with van der Waals surface area (Å²) >= 11 is 6.60. The number of nitrogens with zero attached hydrogens (tertiary/aromatic N) is 1. The SMILES string of the molecule is COc1c(OCCCNCCc2c[nH]c3ccccc23)cccc1[C@@H]1O[C@@H](CC(=O)NCc2ccccc2F)C(=O)N(CC(C)(C)C)c2ccc(Cl)cc21.Cl. The van der Waals surface area contributed by atoms with Crippen molar-refractivity contribution in [3.8, 4) is 11.5 Å². The molecule has 6 rings (SSSR count). The van der Waals surface area contributed by atoms with Crippen LogP contribution in [0.1, 0.15) is 62.0 Å². The van der Waals surface area contributed by atoms with Crippen LogP contribution in [-0.2, 0) is 27.3 Å². The van der Waals surface area contributed by atoms with Gasteiger partial charge in [-0.3, -0.25) is 9.59 Å². The van der Waals surface area contributed by atoms with E-state index in [-0.39, 0.29) is 36.7 Å². The Labute approximate surface area is 333 Å². The Morgan fingerprint density at radius 1 is 0.982 bits per heavy atom. The van der Waals surface area contributed by atoms with Crippen molar-refractivity contribution in [2.45, 2.75) is 58.8 Å². The van der Waals surface area contributed by atoms with Gasteiger partial charge in [-0.2, -0.15) is 0 Å². The third-order valence-corrected chi connectivity index (χ3v) is 9.57. The number of amides is 2. The van der Waals surface area contributed by atoms with E-state index < -0.39 is 23.9 Å². The molecular weight excluding hydrogens is 742 g/mol. The number of benzene rings is 4. The molecule has 0 radical (unpaired) electrons. The van der Waals surface area contributed by atoms with Crippen molar-refractivity contribution in [3.05, 3.63) is 124 Å². The minimum atomic E-state index is -1.17. The first-order valence-electron chi connectivity index (χ1n) is 18.3. The number of hydrogen-bond acceptors (Lipinski definition) is 6. The van der Waals surface area contributed by atoms with Crippen LogP contribution in [0.3, 0.4) is 0 Å². The molecule has 2 amide bonds. The zero-order chi connectivity index (χ0) is 38.2. The monoisotopic (exact) mass is 790 g/mol. The molecule has 0 aliphatic carbocycles. The number of carbonyl (C=O) groups is 2. The fourth-order valence-electron chi connectivity index (χ4n) is 6.80. The van der Waals surface area contributed by atoms with E-state index in [2.05, 4.69) is 40.0 Å². The molecule has 4 aromatic carbocycles. The summed E-state index contributed by atoms with van der Waals surface area (Å²) in [5, 5.41) is 7.99. The van der Waals surface area contributed by atoms with Gasteiger partial charge in [-0.15, -0.1) is 12.4 Å². The molecule has 12 heteroatoms. The number of para-hydroxylation sites is 2. The highest BCUT2D eigenvalue weighted by molar-refractivity contribution is 6.30. The molecule has 9 nitrogen and oxygen atoms in total. The number of methoxy groups -OCH3 is 1. The molecule has 0 saturated carbocycles. The van der Waals surface area contributed by atoms with Gasteiger partial charge < -0.3 is 34.7 Å². The predicted octanol–water partition coefficient (Wildman–Crippen LogP) is 8.57. The number of H-pyrrole nitrogens is 1. The largest absolute Gasteiger partial charge is 0.492 e. The topological polar surface area (TPSA) is 105 Å². The van der Waals surface area contributed by atoms with Crippen LogP contribution in [0.25, 0.3) is 10.9 Å². The Kier molecular flexibility index (Phi) is 14.2. The first kappa shape index (κ1) is 41.6. The molecule has 5 aromatic rings. The van der Waals surface area contributed by atoms with E-state index in [1.807, 2.05) is 51.1 Å². The highest BCUT2D eigenvalue weighted by Gasteiger charge is 2.40. The van der Waals surface area contributed by atoms with Crippen LogP contribution >= 0.6 is 24.0 Å². The first-order chi connectivity index (χ1) is 26.0. The minimum Gasteiger partial charge on any atom is -0.492 e. The molecule has 292 valence electrons. The van der Waals surface area contributed by atoms with Crippen LogP contribution in [0, 0.1) is 11.2 Å². The van der Waals surface area contributed by atoms with E-state index in [0.29, 0.717) is 52.1 Å². The molecule has 1 aliphatic rings. The summed E-state index contributed by atoms with van der Waals surface area (Å²) in [6.07, 6.45) is 1.45. The lowest BCUT2D eigenvalue weighted by atomic mass is 9.94. The molecule has 0 fully saturated rings. The average Bonchev–Trinajstić information content (AvgIpc) is 3.53. The molecule has 55 heavy (non-hydrogen) atoms. The van der Waals surface area contributed by atoms with Crippen LogP contribution in [0.2, 0.25) is 5.02 Å². The molecule has 0 spiro atoms. The van der Waals surface area contributed by atoms with Gasteiger partial charge in [-0.05, 0) is 73.3 Å². The summed E-state index contributed by atoms with van der Waals surface area (Å²) in [6, 6.07) is 25.5. The van der Waals surface area contributed by atoms with Crippen molar-refractivity contribution >= 4 is 52.4 Å². The van der Waals surface area contributed by atoms with E-state index in [0.717, 1.165) is 31.4 Å². The lowest BCUT2D eigenvalue weighted by molar-refractivity contribution is -0.138. The normalized spacial score (nSPS) is 15.6. The van der Waals surface area contributed by atoms with Crippen molar-refractivity contribution in [3.63, 3.8) is 0 Å². The summed E-state index contributed by atoms with van der Waals surface area (Å²) in [4.78, 5) is 32.7. The highest BCUT2D eigenvalue weighted by Crippen LogP contribution is 2.45. The van der Waals surface area contributed by atoms with Gasteiger partial charge in [-0.1, -0.05) is 80.9 Å². The molecule has 0 saturated heterocycles. The minimum absolute atomic E-state index is 0. The second-order valence-electron chi connectivity index (χ2n) is 14.7. The maximum Gasteiger partial charge on any atom is 0.256 e. The van der Waals surface area contributed by atoms with Crippen molar-refractivity contribution in [2.24, 2.45) is 5.41 Å². The smallest absolute Gasteiger partial charge is 0.256 e. The van der Waals surface area contributed by atoms with Gasteiger partial charge in [0, 0.05) is 57.6 Å². The van der Waals surface area contributed by atoms with E-state index in [1.165, 1.54) is 17.0 Å². The molecule has 1 aromatic heterocycles. The average molecular weight is 792 g/mol. The van der Waals surface area contributed by atoms with Crippen molar-refractivity contribution < 1.29 is 28.2 Å². The Hall–Kier alpha value is -4.61. The third-order valence-electron chi connectivity index (χ3n) is 9.34. The fourth-order valence-corrected chi connectivity index (χ4v) is 6.98. The maximum absolute atomic E-state index is 14.4. The number of rotatable bonds is 15. The number of nitrogens with one attached hydrogen (secondary N) is 3. The van der Waals surface area contributed by atoms with Crippen LogP contribution in [-0.4, -0.2) is 56.3 Å². The lowest BCUT2D eigenvalue weighted by Gasteiger charge is -2.31. The quantitative estimate of drug-likeness (QED) is 0.0919. The second kappa shape index (κ2) is 18.8. The zero-order valence-corrected chi connectivity index (χ0v) is 33.2. The predicted molar refractivity (Wildman–Crippen MR) is 218 cm³/mol. The van der Waals surface area contributed by atoms with Crippen molar-refractivity contribution in [1.29, 1.82) is 0 Å². The van der Waals surface area contributed by atoms with E-state index >= 15 is 0 Å². The zero-order valence-electron chi connectivity index (χ0n) is 31.6. The number of carbonyl (C=O) groups excluding carboxylic acids is 2. The van der Waals surface area contributed by atoms with Gasteiger partial charge in [0.25, 0.3) is 5.91 Å². The van der Waals surface area contributed by atoms with Gasteiger partial charge in [0.1, 0.15) is 18.0 Å². The van der Waals surface area contributed by atoms with Crippen LogP contribution < -0.4 is 25.0 Å². The van der Waals surface area contributed by atoms with Crippen molar-refractivity contribution in [2.75, 3.05) is 38.3 Å². The van der Waals surface area contributed by atoms with Gasteiger partial charge in [0.05, 0.1) is 20.1 Å². The van der Waals surface area contributed by atoms with E-state index in [1.54, 1.807) is 42.3 Å². The summed E-state index contributed by atoms with van der Waals surface area (Å²) in [5.74, 6) is -0.243. The lowest BCUT2D eigenvalue weighted by Crippen LogP contribution is -2.45. The molecular formula is C43H49Cl2FN4O5. The second-order valence-corrected chi connectivity index (χ2v) is 15.1. The summed E-state index contributed by atoms with van der Waals surface area (Å²) in [7, 11) is 1.57. The summed E-state index contributed by atoms with van der Waals surface area (Å²) in [6.45, 7) is 8.51. The van der Waals surface area contributed by atoms with Crippen molar-refractivity contribution in [1.82, 2.24) is 15.6 Å². The molecule has 0 bridgehead atoms. The Balaban J connectivity index is 0.00000580. The van der Waals surface area contributed by atoms with Crippen LogP contribution in [0.15, 0.2) is 91.1 Å². The summed E-state index contributed by atoms with van der Waals surface area (Å²) < 4.78 is 33.2. The number of ether oxygens (including phenoxy) is 3. The van der Waals surface area contributed by atoms with Gasteiger partial charge >= 0.3 is 0 Å². The molecule has 2 heterocycles. The maximum atomic E-state index is 14.4. The molecule has 1 aliphatic heterocycles. The number of anilines is 1. The molecule has 0 unspecified atom stereocenters. The Morgan fingerprint density at radius 3 is 2.55 bits per heavy atom.